The molecule has 0 radical (unpaired) electrons. The molecule has 3 heterocycles. The van der Waals surface area contributed by atoms with Crippen molar-refractivity contribution in [3.05, 3.63) is 40.6 Å². The van der Waals surface area contributed by atoms with E-state index in [1.165, 1.54) is 29.0 Å². The van der Waals surface area contributed by atoms with Gasteiger partial charge in [0.2, 0.25) is 0 Å². The SMILES string of the molecule is NN1CC(=O)CCC1c1ccc(CCCCCn2ccnc2)s1. The largest absolute Gasteiger partial charge is 0.337 e. The molecule has 23 heavy (non-hydrogen) atoms. The number of aromatic nitrogens is 2. The lowest BCUT2D eigenvalue weighted by Crippen LogP contribution is -2.42. The van der Waals surface area contributed by atoms with Crippen molar-refractivity contribution < 1.29 is 4.79 Å². The van der Waals surface area contributed by atoms with Gasteiger partial charge in [-0.05, 0) is 37.8 Å². The van der Waals surface area contributed by atoms with Gasteiger partial charge in [0.15, 0.2) is 0 Å². The predicted octanol–water partition coefficient (Wildman–Crippen LogP) is 2.94. The Morgan fingerprint density at radius 3 is 3.00 bits per heavy atom. The number of carbonyl (C=O) groups is 1. The molecule has 1 aliphatic rings. The summed E-state index contributed by atoms with van der Waals surface area (Å²) in [5.41, 5.74) is 0. The molecule has 0 saturated carbocycles. The van der Waals surface area contributed by atoms with Gasteiger partial charge in [0.25, 0.3) is 0 Å². The zero-order valence-electron chi connectivity index (χ0n) is 13.4. The van der Waals surface area contributed by atoms with E-state index in [1.54, 1.807) is 5.01 Å². The highest BCUT2D eigenvalue weighted by molar-refractivity contribution is 7.12. The summed E-state index contributed by atoms with van der Waals surface area (Å²) in [6.45, 7) is 1.43. The molecule has 124 valence electrons. The van der Waals surface area contributed by atoms with Crippen LogP contribution in [-0.4, -0.2) is 26.9 Å². The normalized spacial score (nSPS) is 19.3. The Bertz CT molecular complexity index is 622. The van der Waals surface area contributed by atoms with Crippen LogP contribution in [0.1, 0.15) is 47.9 Å². The number of nitrogens with zero attached hydrogens (tertiary/aromatic N) is 3. The van der Waals surface area contributed by atoms with Gasteiger partial charge in [-0.25, -0.2) is 9.99 Å². The second-order valence-electron chi connectivity index (χ2n) is 6.18. The van der Waals surface area contributed by atoms with Crippen molar-refractivity contribution >= 4 is 17.1 Å². The van der Waals surface area contributed by atoms with Crippen molar-refractivity contribution in [2.75, 3.05) is 6.54 Å². The number of carbonyl (C=O) groups excluding carboxylic acids is 1. The average Bonchev–Trinajstić information content (AvgIpc) is 3.18. The van der Waals surface area contributed by atoms with Crippen molar-refractivity contribution in [1.82, 2.24) is 14.6 Å². The van der Waals surface area contributed by atoms with Crippen molar-refractivity contribution in [1.29, 1.82) is 0 Å². The number of imidazole rings is 1. The highest BCUT2D eigenvalue weighted by Crippen LogP contribution is 2.32. The Balaban J connectivity index is 1.41. The molecule has 0 aliphatic carbocycles. The third kappa shape index (κ3) is 4.50. The van der Waals surface area contributed by atoms with Gasteiger partial charge in [-0.3, -0.25) is 10.6 Å². The summed E-state index contributed by atoms with van der Waals surface area (Å²) in [5, 5.41) is 1.70. The number of thiophene rings is 1. The van der Waals surface area contributed by atoms with E-state index in [2.05, 4.69) is 21.7 Å². The molecule has 2 aromatic heterocycles. The maximum atomic E-state index is 11.4. The van der Waals surface area contributed by atoms with E-state index in [0.29, 0.717) is 13.0 Å². The summed E-state index contributed by atoms with van der Waals surface area (Å²) in [6.07, 6.45) is 12.0. The van der Waals surface area contributed by atoms with E-state index in [-0.39, 0.29) is 11.8 Å². The van der Waals surface area contributed by atoms with Crippen LogP contribution in [0.2, 0.25) is 0 Å². The number of aryl methyl sites for hydroxylation is 2. The Hall–Kier alpha value is -1.50. The molecule has 5 nitrogen and oxygen atoms in total. The van der Waals surface area contributed by atoms with Crippen LogP contribution in [0.25, 0.3) is 0 Å². The van der Waals surface area contributed by atoms with Crippen molar-refractivity contribution in [3.8, 4) is 0 Å². The first-order chi connectivity index (χ1) is 11.2. The maximum Gasteiger partial charge on any atom is 0.148 e. The average molecular weight is 332 g/mol. The number of nitrogens with two attached hydrogens (primary N) is 1. The van der Waals surface area contributed by atoms with Gasteiger partial charge in [-0.2, -0.15) is 0 Å². The fourth-order valence-corrected chi connectivity index (χ4v) is 4.27. The molecule has 1 atom stereocenters. The van der Waals surface area contributed by atoms with Crippen LogP contribution in [0.15, 0.2) is 30.9 Å². The lowest BCUT2D eigenvalue weighted by Gasteiger charge is -2.30. The molecule has 0 amide bonds. The quantitative estimate of drug-likeness (QED) is 0.625. The standard InChI is InChI=1S/C17H24N4OS/c18-21-12-14(22)5-7-16(21)17-8-6-15(23-17)4-2-1-3-10-20-11-9-19-13-20/h6,8-9,11,13,16H,1-5,7,10,12,18H2. The molecular weight excluding hydrogens is 308 g/mol. The first-order valence-corrected chi connectivity index (χ1v) is 9.11. The minimum Gasteiger partial charge on any atom is -0.337 e. The minimum atomic E-state index is 0.215. The van der Waals surface area contributed by atoms with E-state index in [1.807, 2.05) is 30.1 Å². The Morgan fingerprint density at radius 2 is 2.22 bits per heavy atom. The summed E-state index contributed by atoms with van der Waals surface area (Å²) in [7, 11) is 0. The van der Waals surface area contributed by atoms with E-state index in [9.17, 15) is 4.79 Å². The minimum absolute atomic E-state index is 0.215. The Kier molecular flexibility index (Phi) is 5.59. The van der Waals surface area contributed by atoms with Crippen LogP contribution in [0.3, 0.4) is 0 Å². The molecule has 2 aromatic rings. The third-order valence-corrected chi connectivity index (χ3v) is 5.61. The van der Waals surface area contributed by atoms with Crippen LogP contribution in [0.5, 0.6) is 0 Å². The fraction of sp³-hybridized carbons (Fsp3) is 0.529. The monoisotopic (exact) mass is 332 g/mol. The summed E-state index contributed by atoms with van der Waals surface area (Å²) in [6, 6.07) is 4.62. The number of rotatable bonds is 7. The van der Waals surface area contributed by atoms with Crippen LogP contribution in [-0.2, 0) is 17.8 Å². The highest BCUT2D eigenvalue weighted by atomic mass is 32.1. The molecule has 0 spiro atoms. The second kappa shape index (κ2) is 7.86. The smallest absolute Gasteiger partial charge is 0.148 e. The third-order valence-electron chi connectivity index (χ3n) is 4.37. The number of hydrazine groups is 1. The van der Waals surface area contributed by atoms with Gasteiger partial charge in [-0.15, -0.1) is 11.3 Å². The molecule has 1 saturated heterocycles. The van der Waals surface area contributed by atoms with E-state index < -0.39 is 0 Å². The number of piperidine rings is 1. The van der Waals surface area contributed by atoms with Crippen molar-refractivity contribution in [2.45, 2.75) is 51.1 Å². The Labute approximate surface area is 141 Å². The lowest BCUT2D eigenvalue weighted by atomic mass is 10.0. The van der Waals surface area contributed by atoms with Gasteiger partial charge >= 0.3 is 0 Å². The first-order valence-electron chi connectivity index (χ1n) is 8.30. The summed E-state index contributed by atoms with van der Waals surface area (Å²) >= 11 is 1.85. The Morgan fingerprint density at radius 1 is 1.30 bits per heavy atom. The zero-order chi connectivity index (χ0) is 16.1. The molecule has 0 bridgehead atoms. The van der Waals surface area contributed by atoms with Gasteiger partial charge in [-0.1, -0.05) is 6.42 Å². The highest BCUT2D eigenvalue weighted by Gasteiger charge is 2.26. The van der Waals surface area contributed by atoms with E-state index >= 15 is 0 Å². The van der Waals surface area contributed by atoms with E-state index in [4.69, 9.17) is 5.84 Å². The summed E-state index contributed by atoms with van der Waals surface area (Å²) < 4.78 is 2.13. The van der Waals surface area contributed by atoms with Gasteiger partial charge < -0.3 is 4.57 Å². The molecular formula is C17H24N4OS. The van der Waals surface area contributed by atoms with Gasteiger partial charge in [0, 0.05) is 35.1 Å². The van der Waals surface area contributed by atoms with E-state index in [0.717, 1.165) is 19.4 Å². The number of hydrogen-bond acceptors (Lipinski definition) is 5. The van der Waals surface area contributed by atoms with Crippen LogP contribution in [0, 0.1) is 0 Å². The molecule has 0 aromatic carbocycles. The topological polar surface area (TPSA) is 64.2 Å². The molecule has 6 heteroatoms. The second-order valence-corrected chi connectivity index (χ2v) is 7.38. The predicted molar refractivity (Wildman–Crippen MR) is 92.0 cm³/mol. The summed E-state index contributed by atoms with van der Waals surface area (Å²) in [5.74, 6) is 6.26. The molecule has 2 N–H and O–H groups in total. The van der Waals surface area contributed by atoms with Gasteiger partial charge in [0.1, 0.15) is 5.78 Å². The van der Waals surface area contributed by atoms with Crippen LogP contribution in [0.4, 0.5) is 0 Å². The van der Waals surface area contributed by atoms with Gasteiger partial charge in [0.05, 0.1) is 18.9 Å². The molecule has 1 aliphatic heterocycles. The van der Waals surface area contributed by atoms with Crippen molar-refractivity contribution in [2.24, 2.45) is 5.84 Å². The number of hydrogen-bond donors (Lipinski definition) is 1. The van der Waals surface area contributed by atoms with Crippen LogP contribution >= 0.6 is 11.3 Å². The number of Topliss-reactive ketones (excluding diaryl/α,β-unsaturated/α-hetero) is 1. The fourth-order valence-electron chi connectivity index (χ4n) is 3.06. The molecule has 1 fully saturated rings. The number of unbranched alkanes of at least 4 members (excludes halogenated alkanes) is 2. The maximum absolute atomic E-state index is 11.4. The first kappa shape index (κ1) is 16.4. The molecule has 1 unspecified atom stereocenters. The lowest BCUT2D eigenvalue weighted by molar-refractivity contribution is -0.123. The van der Waals surface area contributed by atoms with Crippen LogP contribution < -0.4 is 5.84 Å². The molecule has 3 rings (SSSR count). The van der Waals surface area contributed by atoms with Crippen molar-refractivity contribution in [3.63, 3.8) is 0 Å². The summed E-state index contributed by atoms with van der Waals surface area (Å²) in [4.78, 5) is 18.2. The zero-order valence-corrected chi connectivity index (χ0v) is 14.2. The number of ketones is 1.